The van der Waals surface area contributed by atoms with E-state index in [4.69, 9.17) is 9.47 Å². The van der Waals surface area contributed by atoms with Crippen molar-refractivity contribution in [1.29, 1.82) is 0 Å². The second-order valence-electron chi connectivity index (χ2n) is 6.33. The number of fused-ring (bicyclic) bond motifs is 1. The maximum atomic E-state index is 12.4. The molecular formula is C20H22O4. The van der Waals surface area contributed by atoms with Crippen molar-refractivity contribution in [3.63, 3.8) is 0 Å². The average Bonchev–Trinajstić information content (AvgIpc) is 2.62. The number of carbonyl (C=O) groups excluding carboxylic acids is 2. The van der Waals surface area contributed by atoms with Crippen LogP contribution >= 0.6 is 0 Å². The highest BCUT2D eigenvalue weighted by molar-refractivity contribution is 5.89. The number of benzene rings is 2. The van der Waals surface area contributed by atoms with Crippen LogP contribution in [0.4, 0.5) is 0 Å². The van der Waals surface area contributed by atoms with Gasteiger partial charge in [-0.2, -0.15) is 0 Å². The van der Waals surface area contributed by atoms with E-state index in [1.165, 1.54) is 0 Å². The first kappa shape index (κ1) is 16.5. The third kappa shape index (κ3) is 3.42. The van der Waals surface area contributed by atoms with Gasteiger partial charge in [-0.05, 0) is 54.7 Å². The van der Waals surface area contributed by atoms with Crippen molar-refractivity contribution in [3.05, 3.63) is 42.0 Å². The van der Waals surface area contributed by atoms with E-state index in [1.54, 1.807) is 7.11 Å². The molecule has 4 nitrogen and oxygen atoms in total. The molecule has 0 bridgehead atoms. The number of hydrogen-bond acceptors (Lipinski definition) is 4. The van der Waals surface area contributed by atoms with Gasteiger partial charge in [0, 0.05) is 6.42 Å². The summed E-state index contributed by atoms with van der Waals surface area (Å²) in [6.07, 6.45) is 2.45. The van der Waals surface area contributed by atoms with Gasteiger partial charge in [0.25, 0.3) is 0 Å². The van der Waals surface area contributed by atoms with Crippen molar-refractivity contribution in [1.82, 2.24) is 0 Å². The van der Waals surface area contributed by atoms with Gasteiger partial charge in [0.15, 0.2) is 11.9 Å². The lowest BCUT2D eigenvalue weighted by molar-refractivity contribution is -0.157. The van der Waals surface area contributed by atoms with Gasteiger partial charge in [0.1, 0.15) is 5.75 Å². The average molecular weight is 326 g/mol. The molecule has 1 aliphatic rings. The number of Topliss-reactive ketones (excluding diaryl/α,β-unsaturated/α-hetero) is 1. The highest BCUT2D eigenvalue weighted by Crippen LogP contribution is 2.27. The first-order chi connectivity index (χ1) is 11.6. The molecule has 2 aromatic rings. The summed E-state index contributed by atoms with van der Waals surface area (Å²) in [6.45, 7) is 1.82. The molecule has 2 atom stereocenters. The van der Waals surface area contributed by atoms with Gasteiger partial charge in [-0.1, -0.05) is 24.3 Å². The van der Waals surface area contributed by atoms with Crippen LogP contribution in [-0.4, -0.2) is 25.0 Å². The zero-order valence-corrected chi connectivity index (χ0v) is 14.1. The Morgan fingerprint density at radius 3 is 2.62 bits per heavy atom. The minimum atomic E-state index is -0.557. The molecule has 126 valence electrons. The Hall–Kier alpha value is -2.36. The molecule has 1 saturated carbocycles. The van der Waals surface area contributed by atoms with Crippen molar-refractivity contribution in [2.24, 2.45) is 0 Å². The number of ether oxygens (including phenoxy) is 2. The van der Waals surface area contributed by atoms with Crippen molar-refractivity contribution in [2.45, 2.75) is 44.6 Å². The SMILES string of the molecule is COc1ccc2cc([C@H](C)C(=O)O[C@H]3CCCCC3=O)ccc2c1. The first-order valence-corrected chi connectivity index (χ1v) is 8.39. The quantitative estimate of drug-likeness (QED) is 0.797. The molecule has 3 rings (SSSR count). The molecule has 1 aliphatic carbocycles. The summed E-state index contributed by atoms with van der Waals surface area (Å²) < 4.78 is 10.7. The summed E-state index contributed by atoms with van der Waals surface area (Å²) >= 11 is 0. The Morgan fingerprint density at radius 2 is 1.88 bits per heavy atom. The van der Waals surface area contributed by atoms with E-state index in [0.717, 1.165) is 34.9 Å². The molecular weight excluding hydrogens is 304 g/mol. The number of rotatable bonds is 4. The van der Waals surface area contributed by atoms with Crippen molar-refractivity contribution >= 4 is 22.5 Å². The fraction of sp³-hybridized carbons (Fsp3) is 0.400. The monoisotopic (exact) mass is 326 g/mol. The maximum absolute atomic E-state index is 12.4. The Kier molecular flexibility index (Phi) is 4.84. The third-order valence-corrected chi connectivity index (χ3v) is 4.68. The molecule has 24 heavy (non-hydrogen) atoms. The zero-order chi connectivity index (χ0) is 17.1. The molecule has 0 amide bonds. The molecule has 0 heterocycles. The highest BCUT2D eigenvalue weighted by Gasteiger charge is 2.28. The zero-order valence-electron chi connectivity index (χ0n) is 14.1. The Morgan fingerprint density at radius 1 is 1.12 bits per heavy atom. The summed E-state index contributed by atoms with van der Waals surface area (Å²) in [5.41, 5.74) is 0.890. The third-order valence-electron chi connectivity index (χ3n) is 4.68. The molecule has 0 aromatic heterocycles. The second-order valence-corrected chi connectivity index (χ2v) is 6.33. The van der Waals surface area contributed by atoms with Crippen molar-refractivity contribution in [2.75, 3.05) is 7.11 Å². The number of ketones is 1. The van der Waals surface area contributed by atoms with Gasteiger partial charge < -0.3 is 9.47 Å². The van der Waals surface area contributed by atoms with E-state index in [9.17, 15) is 9.59 Å². The fourth-order valence-corrected chi connectivity index (χ4v) is 3.09. The van der Waals surface area contributed by atoms with E-state index >= 15 is 0 Å². The van der Waals surface area contributed by atoms with Crippen LogP contribution in [0.5, 0.6) is 5.75 Å². The van der Waals surface area contributed by atoms with E-state index in [1.807, 2.05) is 43.3 Å². The second kappa shape index (κ2) is 7.04. The lowest BCUT2D eigenvalue weighted by Gasteiger charge is -2.22. The van der Waals surface area contributed by atoms with E-state index < -0.39 is 12.0 Å². The topological polar surface area (TPSA) is 52.6 Å². The van der Waals surface area contributed by atoms with Crippen LogP contribution < -0.4 is 4.74 Å². The minimum absolute atomic E-state index is 0.0485. The van der Waals surface area contributed by atoms with E-state index in [-0.39, 0.29) is 11.8 Å². The predicted molar refractivity (Wildman–Crippen MR) is 92.3 cm³/mol. The molecule has 0 spiro atoms. The summed E-state index contributed by atoms with van der Waals surface area (Å²) in [6, 6.07) is 11.7. The lowest BCUT2D eigenvalue weighted by atomic mass is 9.95. The Labute approximate surface area is 141 Å². The smallest absolute Gasteiger partial charge is 0.313 e. The standard InChI is InChI=1S/C20H22O4/c1-13(20(22)24-19-6-4-3-5-18(19)21)14-7-8-16-12-17(23-2)10-9-15(16)11-14/h7-13,19H,3-6H2,1-2H3/t13-,19-/m0/s1. The predicted octanol–water partition coefficient (Wildman–Crippen LogP) is 4.01. The molecule has 2 aromatic carbocycles. The first-order valence-electron chi connectivity index (χ1n) is 8.39. The van der Waals surface area contributed by atoms with Gasteiger partial charge in [-0.3, -0.25) is 9.59 Å². The Bertz CT molecular complexity index is 765. The van der Waals surface area contributed by atoms with Crippen LogP contribution in [0.3, 0.4) is 0 Å². The number of hydrogen-bond donors (Lipinski definition) is 0. The summed E-state index contributed by atoms with van der Waals surface area (Å²) in [7, 11) is 1.64. The molecule has 0 radical (unpaired) electrons. The van der Waals surface area contributed by atoms with Crippen LogP contribution in [0.25, 0.3) is 10.8 Å². The van der Waals surface area contributed by atoms with Crippen molar-refractivity contribution < 1.29 is 19.1 Å². The molecule has 0 saturated heterocycles. The Balaban J connectivity index is 1.76. The van der Waals surface area contributed by atoms with Gasteiger partial charge >= 0.3 is 5.97 Å². The fourth-order valence-electron chi connectivity index (χ4n) is 3.09. The molecule has 0 unspecified atom stereocenters. The van der Waals surface area contributed by atoms with Gasteiger partial charge in [0.2, 0.25) is 0 Å². The summed E-state index contributed by atoms with van der Waals surface area (Å²) in [5.74, 6) is 0.125. The molecule has 1 fully saturated rings. The van der Waals surface area contributed by atoms with E-state index in [2.05, 4.69) is 0 Å². The van der Waals surface area contributed by atoms with Crippen LogP contribution in [0.2, 0.25) is 0 Å². The minimum Gasteiger partial charge on any atom is -0.497 e. The molecule has 4 heteroatoms. The lowest BCUT2D eigenvalue weighted by Crippen LogP contribution is -2.31. The van der Waals surface area contributed by atoms with E-state index in [0.29, 0.717) is 12.8 Å². The number of carbonyl (C=O) groups is 2. The largest absolute Gasteiger partial charge is 0.497 e. The van der Waals surface area contributed by atoms with Crippen LogP contribution in [0.15, 0.2) is 36.4 Å². The summed E-state index contributed by atoms with van der Waals surface area (Å²) in [4.78, 5) is 24.2. The maximum Gasteiger partial charge on any atom is 0.313 e. The highest BCUT2D eigenvalue weighted by atomic mass is 16.5. The van der Waals surface area contributed by atoms with Crippen molar-refractivity contribution in [3.8, 4) is 5.75 Å². The number of esters is 1. The summed E-state index contributed by atoms with van der Waals surface area (Å²) in [5, 5.41) is 2.10. The van der Waals surface area contributed by atoms with Crippen LogP contribution in [0.1, 0.15) is 44.1 Å². The van der Waals surface area contributed by atoms with Gasteiger partial charge in [0.05, 0.1) is 13.0 Å². The van der Waals surface area contributed by atoms with Crippen LogP contribution in [-0.2, 0) is 14.3 Å². The molecule has 0 N–H and O–H groups in total. The van der Waals surface area contributed by atoms with Gasteiger partial charge in [-0.15, -0.1) is 0 Å². The number of methoxy groups -OCH3 is 1. The molecule has 0 aliphatic heterocycles. The van der Waals surface area contributed by atoms with Gasteiger partial charge in [-0.25, -0.2) is 0 Å². The normalized spacial score (nSPS) is 19.1. The van der Waals surface area contributed by atoms with Crippen LogP contribution in [0, 0.1) is 0 Å².